The van der Waals surface area contributed by atoms with Crippen molar-refractivity contribution in [3.05, 3.63) is 69.4 Å². The lowest BCUT2D eigenvalue weighted by atomic mass is 9.76. The Morgan fingerprint density at radius 2 is 1.81 bits per heavy atom. The topological polar surface area (TPSA) is 40.5 Å². The summed E-state index contributed by atoms with van der Waals surface area (Å²) in [6, 6.07) is 12.5. The van der Waals surface area contributed by atoms with Gasteiger partial charge in [0.05, 0.1) is 17.7 Å². The number of halogens is 2. The van der Waals surface area contributed by atoms with E-state index in [1.54, 1.807) is 12.1 Å². The molecule has 2 nitrogen and oxygen atoms in total. The largest absolute Gasteiger partial charge is 0.395 e. The second-order valence-electron chi connectivity index (χ2n) is 5.39. The van der Waals surface area contributed by atoms with Gasteiger partial charge >= 0.3 is 0 Å². The van der Waals surface area contributed by atoms with Crippen molar-refractivity contribution in [2.24, 2.45) is 0 Å². The summed E-state index contributed by atoms with van der Waals surface area (Å²) in [7, 11) is 0. The van der Waals surface area contributed by atoms with Gasteiger partial charge in [0.1, 0.15) is 5.82 Å². The second kappa shape index (κ2) is 6.69. The van der Waals surface area contributed by atoms with E-state index in [9.17, 15) is 14.6 Å². The van der Waals surface area contributed by atoms with Gasteiger partial charge in [-0.1, -0.05) is 35.9 Å². The Morgan fingerprint density at radius 1 is 1.10 bits per heavy atom. The van der Waals surface area contributed by atoms with Crippen molar-refractivity contribution in [1.82, 2.24) is 0 Å². The van der Waals surface area contributed by atoms with E-state index in [1.807, 2.05) is 31.2 Å². The van der Waals surface area contributed by atoms with Crippen LogP contribution in [0.2, 0.25) is 0 Å². The summed E-state index contributed by atoms with van der Waals surface area (Å²) in [6.07, 6.45) is 0.433. The van der Waals surface area contributed by atoms with Crippen LogP contribution < -0.4 is 0 Å². The molecule has 0 heterocycles. The fourth-order valence-electron chi connectivity index (χ4n) is 2.46. The van der Waals surface area contributed by atoms with Gasteiger partial charge < -0.3 is 10.2 Å². The standard InChI is InChI=1S/C17H18BrFO2/c1-12-3-2-4-14(7-12)17(10-20,11-21)9-13-5-6-16(19)15(18)8-13/h2-8,20-21H,9-11H2,1H3. The Kier molecular flexibility index (Phi) is 5.14. The quantitative estimate of drug-likeness (QED) is 0.866. The van der Waals surface area contributed by atoms with Crippen LogP contribution in [0.3, 0.4) is 0 Å². The molecular weight excluding hydrogens is 335 g/mol. The zero-order chi connectivity index (χ0) is 15.5. The number of rotatable bonds is 5. The van der Waals surface area contributed by atoms with Gasteiger partial charge in [-0.3, -0.25) is 0 Å². The molecule has 0 atom stereocenters. The van der Waals surface area contributed by atoms with Crippen LogP contribution in [-0.4, -0.2) is 23.4 Å². The fraction of sp³-hybridized carbons (Fsp3) is 0.294. The summed E-state index contributed by atoms with van der Waals surface area (Å²) in [5.41, 5.74) is 2.03. The molecule has 0 saturated heterocycles. The van der Waals surface area contributed by atoms with Gasteiger partial charge in [-0.2, -0.15) is 0 Å². The number of aliphatic hydroxyl groups excluding tert-OH is 2. The van der Waals surface area contributed by atoms with Gasteiger partial charge in [-0.15, -0.1) is 0 Å². The SMILES string of the molecule is Cc1cccc(C(CO)(CO)Cc2ccc(F)c(Br)c2)c1. The first-order chi connectivity index (χ1) is 10.0. The highest BCUT2D eigenvalue weighted by Crippen LogP contribution is 2.30. The van der Waals surface area contributed by atoms with E-state index in [1.165, 1.54) is 6.07 Å². The Balaban J connectivity index is 2.40. The molecule has 21 heavy (non-hydrogen) atoms. The smallest absolute Gasteiger partial charge is 0.137 e. The number of aryl methyl sites for hydroxylation is 1. The van der Waals surface area contributed by atoms with Crippen molar-refractivity contribution in [2.45, 2.75) is 18.8 Å². The van der Waals surface area contributed by atoms with E-state index in [-0.39, 0.29) is 19.0 Å². The summed E-state index contributed by atoms with van der Waals surface area (Å²) >= 11 is 3.17. The number of aliphatic hydroxyl groups is 2. The van der Waals surface area contributed by atoms with Crippen molar-refractivity contribution in [3.8, 4) is 0 Å². The van der Waals surface area contributed by atoms with E-state index in [4.69, 9.17) is 0 Å². The molecule has 2 rings (SSSR count). The molecule has 0 aliphatic heterocycles. The maximum absolute atomic E-state index is 13.3. The highest BCUT2D eigenvalue weighted by atomic mass is 79.9. The van der Waals surface area contributed by atoms with Crippen LogP contribution in [0, 0.1) is 12.7 Å². The molecule has 0 aliphatic carbocycles. The van der Waals surface area contributed by atoms with Crippen LogP contribution in [0.25, 0.3) is 0 Å². The van der Waals surface area contributed by atoms with Crippen molar-refractivity contribution >= 4 is 15.9 Å². The van der Waals surface area contributed by atoms with Gasteiger partial charge in [0.15, 0.2) is 0 Å². The predicted octanol–water partition coefficient (Wildman–Crippen LogP) is 3.36. The zero-order valence-corrected chi connectivity index (χ0v) is 13.4. The molecule has 0 aliphatic rings. The molecule has 0 unspecified atom stereocenters. The van der Waals surface area contributed by atoms with Gasteiger partial charge in [-0.25, -0.2) is 4.39 Å². The molecular formula is C17H18BrFO2. The van der Waals surface area contributed by atoms with E-state index < -0.39 is 5.41 Å². The third-order valence-electron chi connectivity index (χ3n) is 3.76. The number of hydrogen-bond acceptors (Lipinski definition) is 2. The molecule has 2 N–H and O–H groups in total. The lowest BCUT2D eigenvalue weighted by Crippen LogP contribution is -2.37. The van der Waals surface area contributed by atoms with Crippen LogP contribution >= 0.6 is 15.9 Å². The minimum Gasteiger partial charge on any atom is -0.395 e. The van der Waals surface area contributed by atoms with Gasteiger partial charge in [-0.05, 0) is 52.5 Å². The fourth-order valence-corrected chi connectivity index (χ4v) is 2.89. The first-order valence-electron chi connectivity index (χ1n) is 6.73. The zero-order valence-electron chi connectivity index (χ0n) is 11.8. The maximum Gasteiger partial charge on any atom is 0.137 e. The number of benzene rings is 2. The first kappa shape index (κ1) is 16.1. The molecule has 0 radical (unpaired) electrons. The van der Waals surface area contributed by atoms with E-state index in [2.05, 4.69) is 15.9 Å². The average Bonchev–Trinajstić information content (AvgIpc) is 2.48. The lowest BCUT2D eigenvalue weighted by Gasteiger charge is -2.31. The molecule has 2 aromatic rings. The normalized spacial score (nSPS) is 11.7. The molecule has 0 fully saturated rings. The van der Waals surface area contributed by atoms with Crippen molar-refractivity contribution < 1.29 is 14.6 Å². The summed E-state index contributed by atoms with van der Waals surface area (Å²) in [5.74, 6) is -0.326. The van der Waals surface area contributed by atoms with E-state index in [0.717, 1.165) is 16.7 Å². The molecule has 2 aromatic carbocycles. The minimum absolute atomic E-state index is 0.179. The Bertz CT molecular complexity index is 624. The van der Waals surface area contributed by atoms with Crippen LogP contribution in [0.15, 0.2) is 46.9 Å². The third-order valence-corrected chi connectivity index (χ3v) is 4.37. The Labute approximate surface area is 132 Å². The van der Waals surface area contributed by atoms with Crippen LogP contribution in [0.1, 0.15) is 16.7 Å². The average molecular weight is 353 g/mol. The highest BCUT2D eigenvalue weighted by molar-refractivity contribution is 9.10. The summed E-state index contributed by atoms with van der Waals surface area (Å²) in [5, 5.41) is 19.7. The first-order valence-corrected chi connectivity index (χ1v) is 7.53. The minimum atomic E-state index is -0.775. The summed E-state index contributed by atoms with van der Waals surface area (Å²) < 4.78 is 13.7. The van der Waals surface area contributed by atoms with Crippen LogP contribution in [0.5, 0.6) is 0 Å². The van der Waals surface area contributed by atoms with Crippen molar-refractivity contribution in [3.63, 3.8) is 0 Å². The van der Waals surface area contributed by atoms with Gasteiger partial charge in [0.25, 0.3) is 0 Å². The van der Waals surface area contributed by atoms with Gasteiger partial charge in [0, 0.05) is 5.41 Å². The molecule has 4 heteroatoms. The molecule has 0 aromatic heterocycles. The molecule has 0 spiro atoms. The predicted molar refractivity (Wildman–Crippen MR) is 84.8 cm³/mol. The monoisotopic (exact) mass is 352 g/mol. The van der Waals surface area contributed by atoms with E-state index >= 15 is 0 Å². The van der Waals surface area contributed by atoms with Crippen molar-refractivity contribution in [2.75, 3.05) is 13.2 Å². The van der Waals surface area contributed by atoms with Crippen LogP contribution in [0.4, 0.5) is 4.39 Å². The molecule has 0 bridgehead atoms. The van der Waals surface area contributed by atoms with Gasteiger partial charge in [0.2, 0.25) is 0 Å². The number of hydrogen-bond donors (Lipinski definition) is 2. The Morgan fingerprint density at radius 3 is 2.38 bits per heavy atom. The van der Waals surface area contributed by atoms with Crippen molar-refractivity contribution in [1.29, 1.82) is 0 Å². The van der Waals surface area contributed by atoms with Crippen LogP contribution in [-0.2, 0) is 11.8 Å². The molecule has 0 amide bonds. The summed E-state index contributed by atoms with van der Waals surface area (Å²) in [6.45, 7) is 1.61. The summed E-state index contributed by atoms with van der Waals surface area (Å²) in [4.78, 5) is 0. The van der Waals surface area contributed by atoms with E-state index in [0.29, 0.717) is 10.9 Å². The molecule has 112 valence electrons. The maximum atomic E-state index is 13.3. The second-order valence-corrected chi connectivity index (χ2v) is 6.25. The molecule has 0 saturated carbocycles. The lowest BCUT2D eigenvalue weighted by molar-refractivity contribution is 0.116. The third kappa shape index (κ3) is 3.51. The Hall–Kier alpha value is -1.23. The highest BCUT2D eigenvalue weighted by Gasteiger charge is 2.31.